The van der Waals surface area contributed by atoms with Crippen LogP contribution in [0.3, 0.4) is 0 Å². The molecule has 1 aliphatic carbocycles. The third kappa shape index (κ3) is 5.23. The molecule has 4 N–H and O–H groups in total. The Morgan fingerprint density at radius 3 is 2.14 bits per heavy atom. The highest BCUT2D eigenvalue weighted by Gasteiger charge is 2.30. The van der Waals surface area contributed by atoms with Crippen LogP contribution in [0, 0.1) is 5.92 Å². The molecule has 0 fully saturated rings. The molecule has 0 amide bonds. The van der Waals surface area contributed by atoms with Crippen LogP contribution in [0.1, 0.15) is 35.6 Å². The molecule has 0 bridgehead atoms. The van der Waals surface area contributed by atoms with Crippen molar-refractivity contribution < 1.29 is 0 Å². The van der Waals surface area contributed by atoms with E-state index in [1.807, 2.05) is 12.3 Å². The predicted molar refractivity (Wildman–Crippen MR) is 185 cm³/mol. The summed E-state index contributed by atoms with van der Waals surface area (Å²) in [6.45, 7) is 0. The van der Waals surface area contributed by atoms with Gasteiger partial charge >= 0.3 is 0 Å². The highest BCUT2D eigenvalue weighted by atomic mass is 14.7. The Morgan fingerprint density at radius 1 is 0.659 bits per heavy atom. The maximum atomic E-state index is 7.47. The van der Waals surface area contributed by atoms with E-state index >= 15 is 0 Å². The topological polar surface area (TPSA) is 64.9 Å². The number of nitrogens with two attached hydrogens (primary N) is 2. The molecule has 3 nitrogen and oxygen atoms in total. The summed E-state index contributed by atoms with van der Waals surface area (Å²) in [5.41, 5.74) is 23.3. The lowest BCUT2D eigenvalue weighted by atomic mass is 9.74. The SMILES string of the molecule is N/C=C(/c1cccc(-c2cccnc2)c1)C(C1=CC=C(c2ccccc2)CC1)[C@H](N)c1cc2ccccc2c2ccccc12. The lowest BCUT2D eigenvalue weighted by Gasteiger charge is -2.32. The third-order valence-electron chi connectivity index (χ3n) is 8.95. The van der Waals surface area contributed by atoms with Crippen LogP contribution in [0.5, 0.6) is 0 Å². The van der Waals surface area contributed by atoms with Crippen LogP contribution in [0.25, 0.3) is 43.8 Å². The van der Waals surface area contributed by atoms with Crippen molar-refractivity contribution in [3.63, 3.8) is 0 Å². The number of aromatic nitrogens is 1. The predicted octanol–water partition coefficient (Wildman–Crippen LogP) is 9.47. The van der Waals surface area contributed by atoms with E-state index in [0.717, 1.165) is 40.7 Å². The van der Waals surface area contributed by atoms with E-state index in [1.165, 1.54) is 38.3 Å². The molecule has 6 aromatic rings. The molecule has 44 heavy (non-hydrogen) atoms. The first-order chi connectivity index (χ1) is 21.7. The zero-order valence-corrected chi connectivity index (χ0v) is 24.6. The second-order valence-electron chi connectivity index (χ2n) is 11.5. The van der Waals surface area contributed by atoms with Crippen LogP contribution in [0.15, 0.2) is 158 Å². The number of rotatable bonds is 7. The molecule has 2 atom stereocenters. The number of nitrogens with zero attached hydrogens (tertiary/aromatic N) is 1. The van der Waals surface area contributed by atoms with Gasteiger partial charge in [-0.15, -0.1) is 0 Å². The highest BCUT2D eigenvalue weighted by molar-refractivity contribution is 6.09. The number of hydrogen-bond donors (Lipinski definition) is 2. The number of allylic oxidation sites excluding steroid dienone is 3. The summed E-state index contributed by atoms with van der Waals surface area (Å²) in [5, 5.41) is 4.83. The number of hydrogen-bond acceptors (Lipinski definition) is 3. The van der Waals surface area contributed by atoms with Crippen LogP contribution < -0.4 is 11.5 Å². The second-order valence-corrected chi connectivity index (χ2v) is 11.5. The average molecular weight is 570 g/mol. The summed E-state index contributed by atoms with van der Waals surface area (Å²) in [6, 6.07) is 42.4. The molecule has 5 aromatic carbocycles. The summed E-state index contributed by atoms with van der Waals surface area (Å²) in [5.74, 6) is -0.123. The Labute approximate surface area is 258 Å². The van der Waals surface area contributed by atoms with Gasteiger partial charge in [-0.2, -0.15) is 0 Å². The zero-order chi connectivity index (χ0) is 29.9. The van der Waals surface area contributed by atoms with Crippen molar-refractivity contribution in [2.24, 2.45) is 17.4 Å². The molecule has 1 heterocycles. The van der Waals surface area contributed by atoms with E-state index in [1.54, 1.807) is 12.4 Å². The molecule has 1 unspecified atom stereocenters. The lowest BCUT2D eigenvalue weighted by molar-refractivity contribution is 0.587. The fourth-order valence-electron chi connectivity index (χ4n) is 6.76. The summed E-state index contributed by atoms with van der Waals surface area (Å²) in [6.07, 6.45) is 11.9. The van der Waals surface area contributed by atoms with Crippen LogP contribution in [-0.4, -0.2) is 4.98 Å². The van der Waals surface area contributed by atoms with Gasteiger partial charge in [0, 0.05) is 29.9 Å². The Bertz CT molecular complexity index is 2040. The van der Waals surface area contributed by atoms with Gasteiger partial charge in [0.05, 0.1) is 0 Å². The number of benzene rings is 5. The summed E-state index contributed by atoms with van der Waals surface area (Å²) in [7, 11) is 0. The van der Waals surface area contributed by atoms with Gasteiger partial charge in [0.25, 0.3) is 0 Å². The van der Waals surface area contributed by atoms with Gasteiger partial charge in [-0.05, 0) is 92.2 Å². The standard InChI is InChI=1S/C41H35N3/c42-26-39(32-14-8-13-31(24-32)34-15-9-23-44-27-34)40(30-21-19-29(20-22-30)28-10-2-1-3-11-28)41(43)38-25-33-12-4-5-16-35(33)36-17-6-7-18-37(36)38/h1-19,21,23-27,40-41H,20,22,42-43H2/b39-26-/t40?,41-/m1/s1. The van der Waals surface area contributed by atoms with E-state index in [-0.39, 0.29) is 12.0 Å². The van der Waals surface area contributed by atoms with Crippen molar-refractivity contribution in [1.29, 1.82) is 0 Å². The lowest BCUT2D eigenvalue weighted by Crippen LogP contribution is -2.26. The second kappa shape index (κ2) is 12.2. The first-order valence-corrected chi connectivity index (χ1v) is 15.2. The first kappa shape index (κ1) is 27.6. The van der Waals surface area contributed by atoms with Crippen LogP contribution in [0.4, 0.5) is 0 Å². The van der Waals surface area contributed by atoms with Crippen LogP contribution >= 0.6 is 0 Å². The molecule has 7 rings (SSSR count). The van der Waals surface area contributed by atoms with Crippen molar-refractivity contribution >= 4 is 32.7 Å². The van der Waals surface area contributed by atoms with Crippen molar-refractivity contribution in [1.82, 2.24) is 4.98 Å². The van der Waals surface area contributed by atoms with Crippen molar-refractivity contribution in [3.05, 3.63) is 174 Å². The number of pyridine rings is 1. The summed E-state index contributed by atoms with van der Waals surface area (Å²) in [4.78, 5) is 4.34. The first-order valence-electron chi connectivity index (χ1n) is 15.2. The molecule has 3 heteroatoms. The smallest absolute Gasteiger partial charge is 0.0409 e. The fraction of sp³-hybridized carbons (Fsp3) is 0.0976. The minimum absolute atomic E-state index is 0.123. The van der Waals surface area contributed by atoms with E-state index < -0.39 is 0 Å². The van der Waals surface area contributed by atoms with E-state index in [2.05, 4.69) is 132 Å². The quantitative estimate of drug-likeness (QED) is 0.188. The fourth-order valence-corrected chi connectivity index (χ4v) is 6.76. The van der Waals surface area contributed by atoms with Crippen molar-refractivity contribution in [2.45, 2.75) is 18.9 Å². The Kier molecular flexibility index (Phi) is 7.62. The van der Waals surface area contributed by atoms with Crippen molar-refractivity contribution in [3.8, 4) is 11.1 Å². The average Bonchev–Trinajstić information content (AvgIpc) is 3.11. The summed E-state index contributed by atoms with van der Waals surface area (Å²) >= 11 is 0. The molecule has 0 radical (unpaired) electrons. The molecular weight excluding hydrogens is 534 g/mol. The largest absolute Gasteiger partial charge is 0.404 e. The van der Waals surface area contributed by atoms with Gasteiger partial charge in [0.1, 0.15) is 0 Å². The van der Waals surface area contributed by atoms with E-state index in [4.69, 9.17) is 11.5 Å². The van der Waals surface area contributed by atoms with Gasteiger partial charge in [-0.1, -0.05) is 121 Å². The van der Waals surface area contributed by atoms with Crippen molar-refractivity contribution in [2.75, 3.05) is 0 Å². The maximum absolute atomic E-state index is 7.47. The van der Waals surface area contributed by atoms with Crippen LogP contribution in [0.2, 0.25) is 0 Å². The molecule has 214 valence electrons. The molecule has 0 saturated carbocycles. The molecule has 0 aliphatic heterocycles. The van der Waals surface area contributed by atoms with Gasteiger partial charge in [0.15, 0.2) is 0 Å². The Hall–Kier alpha value is -5.25. The monoisotopic (exact) mass is 569 g/mol. The third-order valence-corrected chi connectivity index (χ3v) is 8.95. The molecule has 0 spiro atoms. The molecular formula is C41H35N3. The van der Waals surface area contributed by atoms with Gasteiger partial charge in [-0.3, -0.25) is 4.98 Å². The van der Waals surface area contributed by atoms with E-state index in [9.17, 15) is 0 Å². The Balaban J connectivity index is 1.39. The summed E-state index contributed by atoms with van der Waals surface area (Å²) < 4.78 is 0. The normalized spacial score (nSPS) is 15.1. The molecule has 0 saturated heterocycles. The van der Waals surface area contributed by atoms with Gasteiger partial charge < -0.3 is 11.5 Å². The minimum atomic E-state index is -0.320. The zero-order valence-electron chi connectivity index (χ0n) is 24.6. The van der Waals surface area contributed by atoms with E-state index in [0.29, 0.717) is 0 Å². The number of fused-ring (bicyclic) bond motifs is 3. The minimum Gasteiger partial charge on any atom is -0.404 e. The van der Waals surface area contributed by atoms with Gasteiger partial charge in [-0.25, -0.2) is 0 Å². The Morgan fingerprint density at radius 2 is 1.39 bits per heavy atom. The molecule has 1 aromatic heterocycles. The highest BCUT2D eigenvalue weighted by Crippen LogP contribution is 2.44. The van der Waals surface area contributed by atoms with Gasteiger partial charge in [0.2, 0.25) is 0 Å². The molecule has 1 aliphatic rings. The maximum Gasteiger partial charge on any atom is 0.0409 e. The van der Waals surface area contributed by atoms with Crippen LogP contribution in [-0.2, 0) is 0 Å².